The minimum absolute atomic E-state index is 0.0566. The van der Waals surface area contributed by atoms with Crippen molar-refractivity contribution in [1.29, 1.82) is 0 Å². The van der Waals surface area contributed by atoms with Crippen molar-refractivity contribution in [3.63, 3.8) is 0 Å². The second-order valence-corrected chi connectivity index (χ2v) is 6.36. The number of carbonyl (C=O) groups is 3. The Kier molecular flexibility index (Phi) is 6.94. The SMILES string of the molecule is CC(NC(=O)C1CCCC1)C(=O)NCC(Oc1ccc(F)cc1)C(=O)O. The van der Waals surface area contributed by atoms with Gasteiger partial charge in [-0.3, -0.25) is 9.59 Å². The zero-order valence-corrected chi connectivity index (χ0v) is 14.5. The Balaban J connectivity index is 1.82. The standard InChI is InChI=1S/C18H23FN2O5/c1-11(21-17(23)12-4-2-3-5-12)16(22)20-10-15(18(24)25)26-14-8-6-13(19)7-9-14/h6-9,11-12,15H,2-5,10H2,1H3,(H,20,22)(H,21,23)(H,24,25). The van der Waals surface area contributed by atoms with E-state index < -0.39 is 29.8 Å². The molecule has 2 amide bonds. The molecule has 0 radical (unpaired) electrons. The molecule has 2 unspecified atom stereocenters. The molecular weight excluding hydrogens is 343 g/mol. The van der Waals surface area contributed by atoms with Crippen LogP contribution in [0.2, 0.25) is 0 Å². The van der Waals surface area contributed by atoms with Crippen LogP contribution in [0.3, 0.4) is 0 Å². The molecule has 0 bridgehead atoms. The summed E-state index contributed by atoms with van der Waals surface area (Å²) in [5, 5.41) is 14.3. The average molecular weight is 366 g/mol. The predicted octanol–water partition coefficient (Wildman–Crippen LogP) is 1.47. The van der Waals surface area contributed by atoms with E-state index in [9.17, 15) is 23.9 Å². The highest BCUT2D eigenvalue weighted by molar-refractivity contribution is 5.88. The zero-order chi connectivity index (χ0) is 19.1. The molecule has 1 aromatic rings. The van der Waals surface area contributed by atoms with Crippen molar-refractivity contribution < 1.29 is 28.6 Å². The monoisotopic (exact) mass is 366 g/mol. The van der Waals surface area contributed by atoms with Gasteiger partial charge in [0.25, 0.3) is 0 Å². The van der Waals surface area contributed by atoms with Crippen LogP contribution in [0.25, 0.3) is 0 Å². The number of carboxylic acid groups (broad SMARTS) is 1. The van der Waals surface area contributed by atoms with E-state index in [4.69, 9.17) is 4.74 Å². The Morgan fingerprint density at radius 3 is 2.42 bits per heavy atom. The highest BCUT2D eigenvalue weighted by Crippen LogP contribution is 2.24. The Morgan fingerprint density at radius 1 is 1.23 bits per heavy atom. The van der Waals surface area contributed by atoms with Crippen molar-refractivity contribution in [3.8, 4) is 5.75 Å². The van der Waals surface area contributed by atoms with E-state index in [0.29, 0.717) is 0 Å². The van der Waals surface area contributed by atoms with Crippen LogP contribution in [0, 0.1) is 11.7 Å². The largest absolute Gasteiger partial charge is 0.478 e. The van der Waals surface area contributed by atoms with Crippen molar-refractivity contribution >= 4 is 17.8 Å². The van der Waals surface area contributed by atoms with Crippen molar-refractivity contribution in [1.82, 2.24) is 10.6 Å². The van der Waals surface area contributed by atoms with Gasteiger partial charge in [0, 0.05) is 5.92 Å². The van der Waals surface area contributed by atoms with Crippen LogP contribution in [-0.4, -0.2) is 41.6 Å². The highest BCUT2D eigenvalue weighted by atomic mass is 19.1. The molecule has 0 heterocycles. The molecule has 0 aromatic heterocycles. The van der Waals surface area contributed by atoms with Gasteiger partial charge in [-0.15, -0.1) is 0 Å². The third-order valence-corrected chi connectivity index (χ3v) is 4.31. The maximum absolute atomic E-state index is 12.9. The first kappa shape index (κ1) is 19.7. The molecule has 3 N–H and O–H groups in total. The van der Waals surface area contributed by atoms with Crippen molar-refractivity contribution in [3.05, 3.63) is 30.1 Å². The van der Waals surface area contributed by atoms with Gasteiger partial charge in [0.05, 0.1) is 6.54 Å². The molecule has 142 valence electrons. The van der Waals surface area contributed by atoms with E-state index in [-0.39, 0.29) is 24.1 Å². The molecule has 0 spiro atoms. The van der Waals surface area contributed by atoms with Gasteiger partial charge >= 0.3 is 5.97 Å². The first-order valence-corrected chi connectivity index (χ1v) is 8.60. The van der Waals surface area contributed by atoms with Crippen molar-refractivity contribution in [2.24, 2.45) is 5.92 Å². The van der Waals surface area contributed by atoms with E-state index in [1.165, 1.54) is 12.1 Å². The lowest BCUT2D eigenvalue weighted by atomic mass is 10.1. The molecule has 7 nitrogen and oxygen atoms in total. The van der Waals surface area contributed by atoms with Crippen LogP contribution in [0.15, 0.2) is 24.3 Å². The molecule has 1 aliphatic carbocycles. The number of hydrogen-bond donors (Lipinski definition) is 3. The van der Waals surface area contributed by atoms with Gasteiger partial charge in [-0.1, -0.05) is 12.8 Å². The number of ether oxygens (including phenoxy) is 1. The lowest BCUT2D eigenvalue weighted by Crippen LogP contribution is -2.49. The predicted molar refractivity (Wildman–Crippen MR) is 91.0 cm³/mol. The Bertz CT molecular complexity index is 643. The molecule has 2 rings (SSSR count). The molecule has 1 aliphatic rings. The molecule has 1 fully saturated rings. The lowest BCUT2D eigenvalue weighted by Gasteiger charge is -2.19. The van der Waals surface area contributed by atoms with E-state index in [1.54, 1.807) is 6.92 Å². The Labute approximate surface area is 150 Å². The molecule has 2 atom stereocenters. The fourth-order valence-corrected chi connectivity index (χ4v) is 2.79. The Morgan fingerprint density at radius 2 is 1.85 bits per heavy atom. The summed E-state index contributed by atoms with van der Waals surface area (Å²) in [5.41, 5.74) is 0. The third-order valence-electron chi connectivity index (χ3n) is 4.31. The van der Waals surface area contributed by atoms with Crippen LogP contribution in [0.4, 0.5) is 4.39 Å². The second kappa shape index (κ2) is 9.17. The summed E-state index contributed by atoms with van der Waals surface area (Å²) in [6.07, 6.45) is 2.35. The van der Waals surface area contributed by atoms with Gasteiger partial charge in [-0.05, 0) is 44.0 Å². The maximum atomic E-state index is 12.9. The summed E-state index contributed by atoms with van der Waals surface area (Å²) in [5.74, 6) is -2.26. The summed E-state index contributed by atoms with van der Waals surface area (Å²) in [6, 6.07) is 4.12. The second-order valence-electron chi connectivity index (χ2n) is 6.36. The van der Waals surface area contributed by atoms with E-state index >= 15 is 0 Å². The number of halogens is 1. The topological polar surface area (TPSA) is 105 Å². The summed E-state index contributed by atoms with van der Waals surface area (Å²) in [7, 11) is 0. The first-order valence-electron chi connectivity index (χ1n) is 8.60. The first-order chi connectivity index (χ1) is 12.4. The number of amides is 2. The van der Waals surface area contributed by atoms with E-state index in [2.05, 4.69) is 10.6 Å². The molecule has 1 saturated carbocycles. The number of rotatable bonds is 8. The summed E-state index contributed by atoms with van der Waals surface area (Å²) < 4.78 is 18.1. The van der Waals surface area contributed by atoms with E-state index in [0.717, 1.165) is 37.8 Å². The van der Waals surface area contributed by atoms with Crippen LogP contribution >= 0.6 is 0 Å². The van der Waals surface area contributed by atoms with Crippen LogP contribution in [0.5, 0.6) is 5.75 Å². The summed E-state index contributed by atoms with van der Waals surface area (Å²) in [4.78, 5) is 35.4. The van der Waals surface area contributed by atoms with Gasteiger partial charge in [-0.2, -0.15) is 0 Å². The summed E-state index contributed by atoms with van der Waals surface area (Å²) in [6.45, 7) is 1.26. The number of carboxylic acids is 1. The molecule has 0 aliphatic heterocycles. The van der Waals surface area contributed by atoms with Crippen LogP contribution in [-0.2, 0) is 14.4 Å². The van der Waals surface area contributed by atoms with Crippen LogP contribution in [0.1, 0.15) is 32.6 Å². The number of benzene rings is 1. The molecule has 0 saturated heterocycles. The number of carbonyl (C=O) groups excluding carboxylic acids is 2. The maximum Gasteiger partial charge on any atom is 0.346 e. The fourth-order valence-electron chi connectivity index (χ4n) is 2.79. The number of nitrogens with one attached hydrogen (secondary N) is 2. The van der Waals surface area contributed by atoms with Gasteiger partial charge < -0.3 is 20.5 Å². The normalized spacial score (nSPS) is 16.5. The molecule has 1 aromatic carbocycles. The van der Waals surface area contributed by atoms with Gasteiger partial charge in [0.1, 0.15) is 17.6 Å². The summed E-state index contributed by atoms with van der Waals surface area (Å²) >= 11 is 0. The third kappa shape index (κ3) is 5.72. The Hall–Kier alpha value is -2.64. The van der Waals surface area contributed by atoms with Gasteiger partial charge in [0.15, 0.2) is 0 Å². The minimum atomic E-state index is -1.33. The van der Waals surface area contributed by atoms with E-state index in [1.807, 2.05) is 0 Å². The minimum Gasteiger partial charge on any atom is -0.478 e. The number of hydrogen-bond acceptors (Lipinski definition) is 4. The zero-order valence-electron chi connectivity index (χ0n) is 14.5. The average Bonchev–Trinajstić information content (AvgIpc) is 3.14. The number of aliphatic carboxylic acids is 1. The smallest absolute Gasteiger partial charge is 0.346 e. The fraction of sp³-hybridized carbons (Fsp3) is 0.500. The van der Waals surface area contributed by atoms with Gasteiger partial charge in [0.2, 0.25) is 17.9 Å². The van der Waals surface area contributed by atoms with Crippen LogP contribution < -0.4 is 15.4 Å². The lowest BCUT2D eigenvalue weighted by molar-refractivity contribution is -0.145. The quantitative estimate of drug-likeness (QED) is 0.646. The highest BCUT2D eigenvalue weighted by Gasteiger charge is 2.26. The molecule has 26 heavy (non-hydrogen) atoms. The van der Waals surface area contributed by atoms with Gasteiger partial charge in [-0.25, -0.2) is 9.18 Å². The van der Waals surface area contributed by atoms with Crippen molar-refractivity contribution in [2.45, 2.75) is 44.8 Å². The molecule has 8 heteroatoms. The van der Waals surface area contributed by atoms with Crippen molar-refractivity contribution in [2.75, 3.05) is 6.54 Å². The molecular formula is C18H23FN2O5.